The minimum absolute atomic E-state index is 0. The summed E-state index contributed by atoms with van der Waals surface area (Å²) in [5.41, 5.74) is 28.2. The molecule has 0 unspecified atom stereocenters. The predicted octanol–water partition coefficient (Wildman–Crippen LogP) is -0.254. The summed E-state index contributed by atoms with van der Waals surface area (Å²) in [5, 5.41) is 17.9. The fourth-order valence-corrected chi connectivity index (χ4v) is 6.10. The maximum absolute atomic E-state index is 13.8. The Labute approximate surface area is 321 Å². The Morgan fingerprint density at radius 3 is 1.28 bits per heavy atom. The van der Waals surface area contributed by atoms with Gasteiger partial charge in [-0.25, -0.2) is 0 Å². The molecule has 4 amide bonds. The second kappa shape index (κ2) is 31.4. The average Bonchev–Trinajstić information content (AvgIpc) is 3.10. The molecule has 53 heavy (non-hydrogen) atoms. The van der Waals surface area contributed by atoms with E-state index in [9.17, 15) is 38.7 Å². The van der Waals surface area contributed by atoms with Crippen LogP contribution >= 0.6 is 12.6 Å². The number of ketones is 3. The molecule has 0 aliphatic heterocycles. The molecule has 0 fully saturated rings. The number of hydrogen-bond acceptors (Lipinski definition) is 13. The number of thiol groups is 1. The number of Topliss-reactive ketones (excluding diaryl/α,β-unsaturated/α-hetero) is 3. The zero-order valence-corrected chi connectivity index (χ0v) is 31.8. The average molecular weight is 775 g/mol. The molecule has 0 heterocycles. The maximum Gasteiger partial charge on any atom is 0.226 e. The molecule has 0 spiro atoms. The molecule has 14 N–H and O–H groups in total. The molecule has 0 aliphatic rings. The first-order chi connectivity index (χ1) is 24.8. The van der Waals surface area contributed by atoms with Gasteiger partial charge in [0.05, 0.1) is 30.7 Å². The molecule has 308 valence electrons. The van der Waals surface area contributed by atoms with Crippen LogP contribution in [0.25, 0.3) is 0 Å². The van der Waals surface area contributed by atoms with Crippen molar-refractivity contribution in [3.8, 4) is 0 Å². The lowest BCUT2D eigenvalue weighted by Crippen LogP contribution is -2.48. The molecule has 0 aromatic carbocycles. The van der Waals surface area contributed by atoms with Gasteiger partial charge in [0.15, 0.2) is 17.3 Å². The van der Waals surface area contributed by atoms with Crippen LogP contribution in [-0.4, -0.2) is 103 Å². The van der Waals surface area contributed by atoms with E-state index >= 15 is 0 Å². The molecule has 0 aromatic heterocycles. The highest BCUT2D eigenvalue weighted by Crippen LogP contribution is 2.20. The fraction of sp³-hybridized carbons (Fsp3) is 0.806. The van der Waals surface area contributed by atoms with E-state index in [1.54, 1.807) is 0 Å². The van der Waals surface area contributed by atoms with Gasteiger partial charge in [0.2, 0.25) is 23.6 Å². The predicted molar refractivity (Wildman–Crippen MR) is 209 cm³/mol. The number of amides is 4. The summed E-state index contributed by atoms with van der Waals surface area (Å²) in [6.45, 7) is 2.11. The van der Waals surface area contributed by atoms with Crippen molar-refractivity contribution in [3.05, 3.63) is 0 Å². The molecule has 0 saturated carbocycles. The Morgan fingerprint density at radius 2 is 0.906 bits per heavy atom. The normalized spacial score (nSPS) is 14.4. The number of unbranched alkanes of at least 4 members (excludes halogenated alkanes) is 4. The second-order valence-corrected chi connectivity index (χ2v) is 13.7. The van der Waals surface area contributed by atoms with E-state index in [4.69, 9.17) is 28.7 Å². The smallest absolute Gasteiger partial charge is 0.226 e. The Hall–Kier alpha value is -2.96. The van der Waals surface area contributed by atoms with Crippen LogP contribution in [0.5, 0.6) is 0 Å². The highest BCUT2D eigenvalue weighted by Gasteiger charge is 2.33. The van der Waals surface area contributed by atoms with Crippen LogP contribution < -0.4 is 44.6 Å². The molecule has 0 aliphatic carbocycles. The van der Waals surface area contributed by atoms with Crippen LogP contribution in [0.4, 0.5) is 0 Å². The standard InChI is InChI=1S/C35H66N8O8S.CH4/c1-23(45)41-29(22-52)32(48)20-26(21-44)35(51)43-28(13-5-9-17-39)31(47)19-25(11-3-7-15-37)34(50)42-27(12-4-8-16-38)30(46)18-24(33(40)49)10-2-6-14-36;/h24-29,44,52H,2-22,36-39H2,1H3,(H2,40,49)(H,41,45)(H,42,50)(H,43,51);1H4/t24-,25-,26+,27+,28+,29+;/m1./s1. The van der Waals surface area contributed by atoms with Gasteiger partial charge in [0.25, 0.3) is 0 Å². The number of carbonyl (C=O) groups is 7. The zero-order chi connectivity index (χ0) is 39.5. The summed E-state index contributed by atoms with van der Waals surface area (Å²) in [6.07, 6.45) is 4.98. The van der Waals surface area contributed by atoms with E-state index in [-0.39, 0.29) is 51.1 Å². The Balaban J connectivity index is 0. The van der Waals surface area contributed by atoms with Gasteiger partial charge in [-0.2, -0.15) is 12.6 Å². The molecule has 0 rings (SSSR count). The molecule has 6 atom stereocenters. The molecule has 16 nitrogen and oxygen atoms in total. The monoisotopic (exact) mass is 775 g/mol. The van der Waals surface area contributed by atoms with Crippen molar-refractivity contribution in [1.29, 1.82) is 0 Å². The molecule has 0 bridgehead atoms. The molecular formula is C36H70N8O8S. The van der Waals surface area contributed by atoms with Crippen molar-refractivity contribution in [2.45, 2.75) is 129 Å². The minimum Gasteiger partial charge on any atom is -0.396 e. The summed E-state index contributed by atoms with van der Waals surface area (Å²) in [7, 11) is 0. The Morgan fingerprint density at radius 1 is 0.547 bits per heavy atom. The first-order valence-electron chi connectivity index (χ1n) is 18.6. The first-order valence-corrected chi connectivity index (χ1v) is 19.2. The van der Waals surface area contributed by atoms with Gasteiger partial charge >= 0.3 is 0 Å². The zero-order valence-electron chi connectivity index (χ0n) is 31.0. The van der Waals surface area contributed by atoms with E-state index in [0.717, 1.165) is 0 Å². The van der Waals surface area contributed by atoms with E-state index in [2.05, 4.69) is 28.6 Å². The van der Waals surface area contributed by atoms with Crippen LogP contribution in [0, 0.1) is 17.8 Å². The minimum atomic E-state index is -1.20. The fourth-order valence-electron chi connectivity index (χ4n) is 5.80. The van der Waals surface area contributed by atoms with E-state index < -0.39 is 84.1 Å². The quantitative estimate of drug-likeness (QED) is 0.0305. The van der Waals surface area contributed by atoms with E-state index in [0.29, 0.717) is 84.0 Å². The third-order valence-corrected chi connectivity index (χ3v) is 9.34. The van der Waals surface area contributed by atoms with Gasteiger partial charge in [0, 0.05) is 43.8 Å². The summed E-state index contributed by atoms with van der Waals surface area (Å²) >= 11 is 4.09. The lowest BCUT2D eigenvalue weighted by Gasteiger charge is -2.26. The number of primary amides is 1. The Kier molecular flexibility index (Phi) is 30.9. The molecule has 17 heteroatoms. The van der Waals surface area contributed by atoms with Gasteiger partial charge in [-0.3, -0.25) is 33.6 Å². The van der Waals surface area contributed by atoms with E-state index in [1.165, 1.54) is 6.92 Å². The number of aliphatic hydroxyl groups excluding tert-OH is 1. The van der Waals surface area contributed by atoms with Crippen molar-refractivity contribution >= 4 is 53.6 Å². The van der Waals surface area contributed by atoms with Gasteiger partial charge < -0.3 is 49.7 Å². The maximum atomic E-state index is 13.8. The van der Waals surface area contributed by atoms with Crippen LogP contribution in [-0.2, 0) is 33.6 Å². The molecule has 0 radical (unpaired) electrons. The summed E-state index contributed by atoms with van der Waals surface area (Å²) < 4.78 is 0. The van der Waals surface area contributed by atoms with E-state index in [1.807, 2.05) is 0 Å². The highest BCUT2D eigenvalue weighted by atomic mass is 32.1. The number of nitrogens with two attached hydrogens (primary N) is 5. The topological polar surface area (TPSA) is 306 Å². The summed E-state index contributed by atoms with van der Waals surface area (Å²) in [5.74, 6) is -6.36. The van der Waals surface area contributed by atoms with Crippen molar-refractivity contribution in [3.63, 3.8) is 0 Å². The largest absolute Gasteiger partial charge is 0.396 e. The van der Waals surface area contributed by atoms with Crippen LogP contribution in [0.1, 0.15) is 111 Å². The van der Waals surface area contributed by atoms with Crippen molar-refractivity contribution in [1.82, 2.24) is 16.0 Å². The number of carbonyl (C=O) groups excluding carboxylic acids is 7. The highest BCUT2D eigenvalue weighted by molar-refractivity contribution is 7.80. The lowest BCUT2D eigenvalue weighted by atomic mass is 9.89. The molecular weight excluding hydrogens is 705 g/mol. The third kappa shape index (κ3) is 22.8. The molecule has 0 aromatic rings. The summed E-state index contributed by atoms with van der Waals surface area (Å²) in [6, 6.07) is -2.93. The van der Waals surface area contributed by atoms with Gasteiger partial charge in [-0.05, 0) is 90.4 Å². The Bertz CT molecular complexity index is 1120. The summed E-state index contributed by atoms with van der Waals surface area (Å²) in [4.78, 5) is 90.8. The molecule has 0 saturated heterocycles. The second-order valence-electron chi connectivity index (χ2n) is 13.4. The van der Waals surface area contributed by atoms with Crippen LogP contribution in [0.2, 0.25) is 0 Å². The van der Waals surface area contributed by atoms with Crippen molar-refractivity contribution < 1.29 is 38.7 Å². The van der Waals surface area contributed by atoms with Crippen LogP contribution in [0.15, 0.2) is 0 Å². The van der Waals surface area contributed by atoms with Crippen molar-refractivity contribution in [2.75, 3.05) is 38.5 Å². The van der Waals surface area contributed by atoms with Crippen molar-refractivity contribution in [2.24, 2.45) is 46.4 Å². The third-order valence-electron chi connectivity index (χ3n) is 8.97. The van der Waals surface area contributed by atoms with Gasteiger partial charge in [-0.1, -0.05) is 20.3 Å². The lowest BCUT2D eigenvalue weighted by molar-refractivity contribution is -0.136. The number of hydrogen-bond donors (Lipinski definition) is 10. The SMILES string of the molecule is C.CC(=O)N[C@@H](CS)C(=O)C[C@@H](CO)C(=O)N[C@@H](CCCCN)C(=O)C[C@@H](CCCCN)C(=O)N[C@@H](CCCCN)C(=O)C[C@@H](CCCCN)C(N)=O. The van der Waals surface area contributed by atoms with Gasteiger partial charge in [-0.15, -0.1) is 0 Å². The number of rotatable bonds is 33. The first kappa shape index (κ1) is 52.1. The van der Waals surface area contributed by atoms with Gasteiger partial charge in [0.1, 0.15) is 0 Å². The number of aliphatic hydroxyl groups is 1. The van der Waals surface area contributed by atoms with Crippen LogP contribution in [0.3, 0.4) is 0 Å². The number of nitrogens with one attached hydrogen (secondary N) is 3.